The predicted molar refractivity (Wildman–Crippen MR) is 64.1 cm³/mol. The van der Waals surface area contributed by atoms with Crippen LogP contribution in [0.4, 0.5) is 11.6 Å². The normalized spacial score (nSPS) is 10.7. The average Bonchev–Trinajstić information content (AvgIpc) is 2.17. The maximum atomic E-state index is 5.75. The SMILES string of the molecule is CCCN(C)c1cc(N)nc(C(C)C)n1. The van der Waals surface area contributed by atoms with Gasteiger partial charge in [0.1, 0.15) is 17.5 Å². The highest BCUT2D eigenvalue weighted by molar-refractivity contribution is 5.46. The van der Waals surface area contributed by atoms with Gasteiger partial charge in [0.25, 0.3) is 0 Å². The minimum atomic E-state index is 0.308. The number of aromatic nitrogens is 2. The molecular formula is C11H20N4. The van der Waals surface area contributed by atoms with Crippen LogP contribution in [0.25, 0.3) is 0 Å². The summed E-state index contributed by atoms with van der Waals surface area (Å²) in [5.74, 6) is 2.58. The zero-order chi connectivity index (χ0) is 11.4. The molecule has 84 valence electrons. The van der Waals surface area contributed by atoms with Gasteiger partial charge in [-0.1, -0.05) is 20.8 Å². The van der Waals surface area contributed by atoms with Crippen molar-refractivity contribution in [1.29, 1.82) is 0 Å². The Hall–Kier alpha value is -1.32. The Kier molecular flexibility index (Phi) is 3.88. The van der Waals surface area contributed by atoms with E-state index in [1.54, 1.807) is 0 Å². The molecule has 0 amide bonds. The first-order valence-corrected chi connectivity index (χ1v) is 5.40. The van der Waals surface area contributed by atoms with Gasteiger partial charge in [0, 0.05) is 25.6 Å². The molecule has 0 spiro atoms. The molecule has 0 radical (unpaired) electrons. The molecule has 0 saturated heterocycles. The maximum Gasteiger partial charge on any atom is 0.135 e. The van der Waals surface area contributed by atoms with E-state index in [-0.39, 0.29) is 0 Å². The van der Waals surface area contributed by atoms with Crippen LogP contribution in [-0.2, 0) is 0 Å². The van der Waals surface area contributed by atoms with Crippen molar-refractivity contribution < 1.29 is 0 Å². The van der Waals surface area contributed by atoms with Crippen LogP contribution >= 0.6 is 0 Å². The third kappa shape index (κ3) is 3.08. The van der Waals surface area contributed by atoms with Crippen LogP contribution < -0.4 is 10.6 Å². The smallest absolute Gasteiger partial charge is 0.135 e. The highest BCUT2D eigenvalue weighted by atomic mass is 15.2. The van der Waals surface area contributed by atoms with Gasteiger partial charge in [0.2, 0.25) is 0 Å². The molecule has 0 atom stereocenters. The van der Waals surface area contributed by atoms with E-state index in [4.69, 9.17) is 5.73 Å². The van der Waals surface area contributed by atoms with Gasteiger partial charge in [0.05, 0.1) is 0 Å². The zero-order valence-corrected chi connectivity index (χ0v) is 9.99. The number of hydrogen-bond acceptors (Lipinski definition) is 4. The summed E-state index contributed by atoms with van der Waals surface area (Å²) < 4.78 is 0. The lowest BCUT2D eigenvalue weighted by Crippen LogP contribution is -2.20. The highest BCUT2D eigenvalue weighted by Gasteiger charge is 2.08. The van der Waals surface area contributed by atoms with Crippen molar-refractivity contribution in [2.45, 2.75) is 33.1 Å². The molecule has 1 aromatic rings. The fourth-order valence-corrected chi connectivity index (χ4v) is 1.38. The largest absolute Gasteiger partial charge is 0.384 e. The van der Waals surface area contributed by atoms with E-state index in [9.17, 15) is 0 Å². The first-order valence-electron chi connectivity index (χ1n) is 5.40. The van der Waals surface area contributed by atoms with Crippen LogP contribution in [0.3, 0.4) is 0 Å². The van der Waals surface area contributed by atoms with Crippen LogP contribution in [0, 0.1) is 0 Å². The van der Waals surface area contributed by atoms with E-state index in [0.717, 1.165) is 24.6 Å². The second-order valence-electron chi connectivity index (χ2n) is 4.09. The Bertz CT molecular complexity index is 322. The molecule has 1 aromatic heterocycles. The van der Waals surface area contributed by atoms with E-state index >= 15 is 0 Å². The summed E-state index contributed by atoms with van der Waals surface area (Å²) in [4.78, 5) is 10.8. The fourth-order valence-electron chi connectivity index (χ4n) is 1.38. The molecule has 1 rings (SSSR count). The van der Waals surface area contributed by atoms with Gasteiger partial charge in [0.15, 0.2) is 0 Å². The summed E-state index contributed by atoms with van der Waals surface area (Å²) in [6.07, 6.45) is 1.09. The Balaban J connectivity index is 2.98. The second-order valence-corrected chi connectivity index (χ2v) is 4.09. The van der Waals surface area contributed by atoms with Gasteiger partial charge in [-0.25, -0.2) is 9.97 Å². The molecule has 15 heavy (non-hydrogen) atoms. The second kappa shape index (κ2) is 4.96. The molecule has 4 heteroatoms. The molecule has 2 N–H and O–H groups in total. The first kappa shape index (κ1) is 11.8. The molecular weight excluding hydrogens is 188 g/mol. The fraction of sp³-hybridized carbons (Fsp3) is 0.636. The van der Waals surface area contributed by atoms with Crippen LogP contribution in [0.15, 0.2) is 6.07 Å². The van der Waals surface area contributed by atoms with Crippen molar-refractivity contribution >= 4 is 11.6 Å². The van der Waals surface area contributed by atoms with Gasteiger partial charge in [-0.15, -0.1) is 0 Å². The Labute approximate surface area is 91.5 Å². The predicted octanol–water partition coefficient (Wildman–Crippen LogP) is 2.03. The Morgan fingerprint density at radius 2 is 2.07 bits per heavy atom. The molecule has 1 heterocycles. The van der Waals surface area contributed by atoms with Crippen molar-refractivity contribution in [3.8, 4) is 0 Å². The standard InChI is InChI=1S/C11H20N4/c1-5-6-15(4)10-7-9(12)13-11(14-10)8(2)3/h7-8H,5-6H2,1-4H3,(H2,12,13,14). The lowest BCUT2D eigenvalue weighted by Gasteiger charge is -2.18. The number of rotatable bonds is 4. The van der Waals surface area contributed by atoms with E-state index in [2.05, 4.69) is 35.6 Å². The van der Waals surface area contributed by atoms with Gasteiger partial charge < -0.3 is 10.6 Å². The van der Waals surface area contributed by atoms with Crippen molar-refractivity contribution in [3.05, 3.63) is 11.9 Å². The van der Waals surface area contributed by atoms with Crippen LogP contribution in [-0.4, -0.2) is 23.6 Å². The number of hydrogen-bond donors (Lipinski definition) is 1. The summed E-state index contributed by atoms with van der Waals surface area (Å²) in [6.45, 7) is 7.26. The van der Waals surface area contributed by atoms with Gasteiger partial charge in [-0.05, 0) is 6.42 Å². The first-order chi connectivity index (χ1) is 7.04. The molecule has 0 bridgehead atoms. The van der Waals surface area contributed by atoms with Crippen molar-refractivity contribution in [3.63, 3.8) is 0 Å². The van der Waals surface area contributed by atoms with E-state index in [0.29, 0.717) is 11.7 Å². The zero-order valence-electron chi connectivity index (χ0n) is 9.99. The molecule has 4 nitrogen and oxygen atoms in total. The molecule has 0 saturated carbocycles. The Morgan fingerprint density at radius 3 is 2.60 bits per heavy atom. The lowest BCUT2D eigenvalue weighted by atomic mass is 10.2. The molecule has 0 aliphatic rings. The van der Waals surface area contributed by atoms with Crippen LogP contribution in [0.5, 0.6) is 0 Å². The van der Waals surface area contributed by atoms with E-state index in [1.165, 1.54) is 0 Å². The summed E-state index contributed by atoms with van der Waals surface area (Å²) >= 11 is 0. The highest BCUT2D eigenvalue weighted by Crippen LogP contribution is 2.17. The molecule has 0 aliphatic heterocycles. The van der Waals surface area contributed by atoms with Gasteiger partial charge >= 0.3 is 0 Å². The summed E-state index contributed by atoms with van der Waals surface area (Å²) in [5, 5.41) is 0. The quantitative estimate of drug-likeness (QED) is 0.822. The van der Waals surface area contributed by atoms with Crippen LogP contribution in [0.2, 0.25) is 0 Å². The van der Waals surface area contributed by atoms with Crippen molar-refractivity contribution in [2.75, 3.05) is 24.2 Å². The van der Waals surface area contributed by atoms with Gasteiger partial charge in [-0.3, -0.25) is 0 Å². The van der Waals surface area contributed by atoms with Crippen molar-refractivity contribution in [2.24, 2.45) is 0 Å². The van der Waals surface area contributed by atoms with Gasteiger partial charge in [-0.2, -0.15) is 0 Å². The van der Waals surface area contributed by atoms with Crippen molar-refractivity contribution in [1.82, 2.24) is 9.97 Å². The van der Waals surface area contributed by atoms with E-state index < -0.39 is 0 Å². The monoisotopic (exact) mass is 208 g/mol. The number of nitrogens with zero attached hydrogens (tertiary/aromatic N) is 3. The molecule has 0 aromatic carbocycles. The molecule has 0 aliphatic carbocycles. The number of anilines is 2. The average molecular weight is 208 g/mol. The Morgan fingerprint density at radius 1 is 1.40 bits per heavy atom. The minimum Gasteiger partial charge on any atom is -0.384 e. The molecule has 0 fully saturated rings. The summed E-state index contributed by atoms with van der Waals surface area (Å²) in [5.41, 5.74) is 5.75. The topological polar surface area (TPSA) is 55.0 Å². The lowest BCUT2D eigenvalue weighted by molar-refractivity contribution is 0.760. The molecule has 0 unspecified atom stereocenters. The summed E-state index contributed by atoms with van der Waals surface area (Å²) in [6, 6.07) is 1.82. The van der Waals surface area contributed by atoms with Crippen LogP contribution in [0.1, 0.15) is 38.9 Å². The minimum absolute atomic E-state index is 0.308. The third-order valence-electron chi connectivity index (χ3n) is 2.22. The third-order valence-corrected chi connectivity index (χ3v) is 2.22. The number of nitrogen functional groups attached to an aromatic ring is 1. The maximum absolute atomic E-state index is 5.75. The number of nitrogens with two attached hydrogens (primary N) is 1. The summed E-state index contributed by atoms with van der Waals surface area (Å²) in [7, 11) is 2.02. The van der Waals surface area contributed by atoms with E-state index in [1.807, 2.05) is 13.1 Å².